The van der Waals surface area contributed by atoms with Crippen molar-refractivity contribution >= 4 is 22.9 Å². The molecule has 0 saturated heterocycles. The summed E-state index contributed by atoms with van der Waals surface area (Å²) >= 11 is 0. The van der Waals surface area contributed by atoms with Crippen LogP contribution in [0.3, 0.4) is 0 Å². The third-order valence-electron chi connectivity index (χ3n) is 4.31. The lowest BCUT2D eigenvalue weighted by Gasteiger charge is -2.08. The zero-order chi connectivity index (χ0) is 22.8. The number of rotatable bonds is 4. The quantitative estimate of drug-likeness (QED) is 0.602. The van der Waals surface area contributed by atoms with Crippen LogP contribution >= 0.6 is 0 Å². The van der Waals surface area contributed by atoms with Gasteiger partial charge in [0, 0.05) is 30.1 Å². The second kappa shape index (κ2) is 8.70. The topological polar surface area (TPSA) is 84.2 Å². The summed E-state index contributed by atoms with van der Waals surface area (Å²) in [5.74, 6) is -4.07. The molecular weight excluding hydrogens is 425 g/mol. The van der Waals surface area contributed by atoms with Crippen molar-refractivity contribution in [2.75, 3.05) is 0 Å². The van der Waals surface area contributed by atoms with Gasteiger partial charge >= 0.3 is 12.1 Å². The highest BCUT2D eigenvalue weighted by atomic mass is 19.4. The minimum atomic E-state index is -5.08. The van der Waals surface area contributed by atoms with E-state index in [1.165, 1.54) is 12.1 Å². The van der Waals surface area contributed by atoms with E-state index < -0.39 is 23.8 Å². The van der Waals surface area contributed by atoms with Crippen molar-refractivity contribution in [3.05, 3.63) is 54.4 Å². The molecule has 1 saturated carbocycles. The standard InChI is InChI=1S/C18H15F2N3O.C2HF3O2/c19-13-5-11(6-14(20)8-13)12-7-17-16(21-9-12)3-4-23(17)10-18(24)22-15-1-2-15;3-2(4,5)1(6)7/h3-9,15H,1-2,10H2,(H,22,24);(H,6,7). The van der Waals surface area contributed by atoms with Gasteiger partial charge in [-0.25, -0.2) is 13.6 Å². The molecule has 0 atom stereocenters. The minimum Gasteiger partial charge on any atom is -0.475 e. The van der Waals surface area contributed by atoms with Crippen LogP contribution in [0, 0.1) is 11.6 Å². The lowest BCUT2D eigenvalue weighted by molar-refractivity contribution is -0.192. The second-order valence-electron chi connectivity index (χ2n) is 6.87. The number of hydrogen-bond acceptors (Lipinski definition) is 3. The van der Waals surface area contributed by atoms with Crippen LogP contribution in [-0.4, -0.2) is 38.8 Å². The zero-order valence-electron chi connectivity index (χ0n) is 15.8. The summed E-state index contributed by atoms with van der Waals surface area (Å²) < 4.78 is 60.4. The van der Waals surface area contributed by atoms with Crippen LogP contribution < -0.4 is 5.32 Å². The Bertz CT molecular complexity index is 1100. The number of hydrogen-bond donors (Lipinski definition) is 2. The molecule has 1 aromatic carbocycles. The molecule has 1 aliphatic carbocycles. The van der Waals surface area contributed by atoms with E-state index in [2.05, 4.69) is 10.3 Å². The molecule has 1 fully saturated rings. The van der Waals surface area contributed by atoms with Crippen molar-refractivity contribution < 1.29 is 36.6 Å². The predicted molar refractivity (Wildman–Crippen MR) is 99.9 cm³/mol. The fourth-order valence-electron chi connectivity index (χ4n) is 2.74. The van der Waals surface area contributed by atoms with Crippen LogP contribution in [0.2, 0.25) is 0 Å². The molecule has 0 radical (unpaired) electrons. The maximum atomic E-state index is 13.4. The fourth-order valence-corrected chi connectivity index (χ4v) is 2.74. The number of aromatic nitrogens is 2. The Kier molecular flexibility index (Phi) is 6.23. The Balaban J connectivity index is 0.000000339. The van der Waals surface area contributed by atoms with Crippen molar-refractivity contribution in [1.82, 2.24) is 14.9 Å². The van der Waals surface area contributed by atoms with Crippen molar-refractivity contribution in [3.63, 3.8) is 0 Å². The molecule has 164 valence electrons. The van der Waals surface area contributed by atoms with Gasteiger partial charge in [-0.1, -0.05) is 0 Å². The summed E-state index contributed by atoms with van der Waals surface area (Å²) in [6.07, 6.45) is 0.356. The summed E-state index contributed by atoms with van der Waals surface area (Å²) in [5, 5.41) is 10.1. The van der Waals surface area contributed by atoms with Gasteiger partial charge in [0.15, 0.2) is 0 Å². The molecule has 0 spiro atoms. The first-order valence-electron chi connectivity index (χ1n) is 9.04. The maximum Gasteiger partial charge on any atom is 0.490 e. The monoisotopic (exact) mass is 441 g/mol. The van der Waals surface area contributed by atoms with Crippen molar-refractivity contribution in [3.8, 4) is 11.1 Å². The molecule has 11 heteroatoms. The van der Waals surface area contributed by atoms with E-state index >= 15 is 0 Å². The Morgan fingerprint density at radius 1 is 1.10 bits per heavy atom. The largest absolute Gasteiger partial charge is 0.490 e. The maximum absolute atomic E-state index is 13.4. The van der Waals surface area contributed by atoms with Gasteiger partial charge < -0.3 is 15.0 Å². The Morgan fingerprint density at radius 3 is 2.26 bits per heavy atom. The van der Waals surface area contributed by atoms with E-state index in [4.69, 9.17) is 9.90 Å². The van der Waals surface area contributed by atoms with Gasteiger partial charge in [0.1, 0.15) is 18.2 Å². The Morgan fingerprint density at radius 2 is 1.71 bits per heavy atom. The molecule has 0 unspecified atom stereocenters. The van der Waals surface area contributed by atoms with Crippen LogP contribution in [-0.2, 0) is 16.1 Å². The number of pyridine rings is 1. The number of aliphatic carboxylic acids is 1. The second-order valence-corrected chi connectivity index (χ2v) is 6.87. The lowest BCUT2D eigenvalue weighted by atomic mass is 10.1. The number of amides is 1. The number of halogens is 5. The number of carbonyl (C=O) groups excluding carboxylic acids is 1. The van der Waals surface area contributed by atoms with Gasteiger partial charge in [0.2, 0.25) is 5.91 Å². The number of carboxylic acid groups (broad SMARTS) is 1. The van der Waals surface area contributed by atoms with Gasteiger partial charge in [0.25, 0.3) is 0 Å². The van der Waals surface area contributed by atoms with E-state index in [0.717, 1.165) is 29.9 Å². The Labute approximate surface area is 172 Å². The first-order valence-corrected chi connectivity index (χ1v) is 9.04. The van der Waals surface area contributed by atoms with E-state index in [1.807, 2.05) is 6.07 Å². The zero-order valence-corrected chi connectivity index (χ0v) is 15.8. The van der Waals surface area contributed by atoms with Crippen LogP contribution in [0.25, 0.3) is 22.2 Å². The molecule has 1 aliphatic rings. The van der Waals surface area contributed by atoms with Gasteiger partial charge in [-0.2, -0.15) is 13.2 Å². The highest BCUT2D eigenvalue weighted by Gasteiger charge is 2.38. The highest BCUT2D eigenvalue weighted by Crippen LogP contribution is 2.25. The normalized spacial score (nSPS) is 13.5. The smallest absolute Gasteiger partial charge is 0.475 e. The minimum absolute atomic E-state index is 0.0443. The lowest BCUT2D eigenvalue weighted by Crippen LogP contribution is -2.29. The van der Waals surface area contributed by atoms with Crippen LogP contribution in [0.5, 0.6) is 0 Å². The number of benzene rings is 1. The molecule has 31 heavy (non-hydrogen) atoms. The summed E-state index contributed by atoms with van der Waals surface area (Å²) in [6.45, 7) is 0.197. The molecule has 0 bridgehead atoms. The van der Waals surface area contributed by atoms with Crippen molar-refractivity contribution in [2.45, 2.75) is 31.6 Å². The van der Waals surface area contributed by atoms with E-state index in [1.54, 1.807) is 23.0 Å². The molecule has 3 aromatic rings. The predicted octanol–water partition coefficient (Wildman–Crippen LogP) is 3.89. The molecule has 4 rings (SSSR count). The molecule has 2 aromatic heterocycles. The summed E-state index contributed by atoms with van der Waals surface area (Å²) in [4.78, 5) is 25.2. The van der Waals surface area contributed by atoms with Gasteiger partial charge in [0.05, 0.1) is 11.0 Å². The molecule has 0 aliphatic heterocycles. The number of nitrogens with zero attached hydrogens (tertiary/aromatic N) is 2. The van der Waals surface area contributed by atoms with Crippen molar-refractivity contribution in [1.29, 1.82) is 0 Å². The van der Waals surface area contributed by atoms with Crippen LogP contribution in [0.1, 0.15) is 12.8 Å². The SMILES string of the molecule is O=C(Cn1ccc2ncc(-c3cc(F)cc(F)c3)cc21)NC1CC1.O=C(O)C(F)(F)F. The number of fused-ring (bicyclic) bond motifs is 1. The van der Waals surface area contributed by atoms with Gasteiger partial charge in [-0.05, 0) is 42.7 Å². The highest BCUT2D eigenvalue weighted by molar-refractivity contribution is 5.84. The summed E-state index contributed by atoms with van der Waals surface area (Å²) in [5.41, 5.74) is 2.50. The third kappa shape index (κ3) is 6.00. The first-order chi connectivity index (χ1) is 14.5. The molecule has 2 N–H and O–H groups in total. The molecule has 1 amide bonds. The van der Waals surface area contributed by atoms with Gasteiger partial charge in [-0.15, -0.1) is 0 Å². The average Bonchev–Trinajstić information content (AvgIpc) is 3.39. The van der Waals surface area contributed by atoms with E-state index in [-0.39, 0.29) is 12.5 Å². The van der Waals surface area contributed by atoms with Crippen molar-refractivity contribution in [2.24, 2.45) is 0 Å². The summed E-state index contributed by atoms with van der Waals surface area (Å²) in [6, 6.07) is 7.28. The third-order valence-corrected chi connectivity index (χ3v) is 4.31. The number of carboxylic acids is 1. The average molecular weight is 441 g/mol. The molecule has 6 nitrogen and oxygen atoms in total. The number of carbonyl (C=O) groups is 2. The molecular formula is C20H16F5N3O3. The summed E-state index contributed by atoms with van der Waals surface area (Å²) in [7, 11) is 0. The van der Waals surface area contributed by atoms with Crippen LogP contribution in [0.15, 0.2) is 42.7 Å². The first kappa shape index (κ1) is 22.2. The Hall–Kier alpha value is -3.50. The number of alkyl halides is 3. The number of nitrogens with one attached hydrogen (secondary N) is 1. The van der Waals surface area contributed by atoms with E-state index in [0.29, 0.717) is 17.2 Å². The van der Waals surface area contributed by atoms with Crippen LogP contribution in [0.4, 0.5) is 22.0 Å². The van der Waals surface area contributed by atoms with Gasteiger partial charge in [-0.3, -0.25) is 9.78 Å². The van der Waals surface area contributed by atoms with E-state index in [9.17, 15) is 26.7 Å². The molecule has 2 heterocycles. The fraction of sp³-hybridized carbons (Fsp3) is 0.250.